The maximum atomic E-state index is 9.67. The third kappa shape index (κ3) is 0.703. The van der Waals surface area contributed by atoms with Crippen LogP contribution in [0.3, 0.4) is 0 Å². The van der Waals surface area contributed by atoms with Gasteiger partial charge in [-0.1, -0.05) is 6.42 Å². The fourth-order valence-corrected chi connectivity index (χ4v) is 4.03. The lowest BCUT2D eigenvalue weighted by Crippen LogP contribution is -2.27. The maximum absolute atomic E-state index is 9.67. The van der Waals surface area contributed by atoms with Gasteiger partial charge in [0.15, 0.2) is 0 Å². The van der Waals surface area contributed by atoms with Gasteiger partial charge in [0.25, 0.3) is 0 Å². The van der Waals surface area contributed by atoms with Gasteiger partial charge in [-0.15, -0.1) is 0 Å². The largest absolute Gasteiger partial charge is 0.393 e. The fraction of sp³-hybridized carbons (Fsp3) is 1.00. The molecule has 0 aromatic carbocycles. The molecule has 62 valence electrons. The van der Waals surface area contributed by atoms with Crippen LogP contribution in [0.2, 0.25) is 0 Å². The quantitative estimate of drug-likeness (QED) is 0.561. The van der Waals surface area contributed by atoms with Crippen LogP contribution in [0, 0.1) is 23.7 Å². The monoisotopic (exact) mass is 152 g/mol. The van der Waals surface area contributed by atoms with Gasteiger partial charge in [-0.25, -0.2) is 0 Å². The van der Waals surface area contributed by atoms with Crippen LogP contribution in [0.1, 0.15) is 32.1 Å². The summed E-state index contributed by atoms with van der Waals surface area (Å²) in [6.45, 7) is 0. The average Bonchev–Trinajstić information content (AvgIpc) is 2.52. The Morgan fingerprint density at radius 3 is 2.64 bits per heavy atom. The average molecular weight is 152 g/mol. The second kappa shape index (κ2) is 2.01. The van der Waals surface area contributed by atoms with Crippen molar-refractivity contribution in [1.29, 1.82) is 0 Å². The molecule has 3 rings (SSSR count). The van der Waals surface area contributed by atoms with Crippen LogP contribution in [0.25, 0.3) is 0 Å². The van der Waals surface area contributed by atoms with Crippen LogP contribution >= 0.6 is 0 Å². The van der Waals surface area contributed by atoms with Gasteiger partial charge in [-0.2, -0.15) is 0 Å². The standard InChI is InChI=1S/C10H16O/c11-10-5-6-4-9(10)8-3-1-2-7(6)8/h6-11H,1-5H2/t6-,7+,8+,9-,10+/m1/s1. The summed E-state index contributed by atoms with van der Waals surface area (Å²) in [7, 11) is 0. The Kier molecular flexibility index (Phi) is 1.18. The first-order valence-electron chi connectivity index (χ1n) is 5.04. The SMILES string of the molecule is O[C@H]1C[C@H]2C[C@@H]1[C@H]1CCC[C@@H]21. The van der Waals surface area contributed by atoms with E-state index in [2.05, 4.69) is 0 Å². The van der Waals surface area contributed by atoms with Crippen molar-refractivity contribution in [3.8, 4) is 0 Å². The van der Waals surface area contributed by atoms with E-state index in [0.29, 0.717) is 5.92 Å². The van der Waals surface area contributed by atoms with Crippen LogP contribution in [-0.2, 0) is 0 Å². The van der Waals surface area contributed by atoms with Crippen molar-refractivity contribution >= 4 is 0 Å². The van der Waals surface area contributed by atoms with Crippen molar-refractivity contribution in [1.82, 2.24) is 0 Å². The molecule has 0 amide bonds. The van der Waals surface area contributed by atoms with Gasteiger partial charge in [0.2, 0.25) is 0 Å². The van der Waals surface area contributed by atoms with E-state index in [1.807, 2.05) is 0 Å². The van der Waals surface area contributed by atoms with Gasteiger partial charge in [0, 0.05) is 0 Å². The minimum Gasteiger partial charge on any atom is -0.393 e. The molecule has 1 nitrogen and oxygen atoms in total. The Morgan fingerprint density at radius 1 is 0.909 bits per heavy atom. The molecule has 3 aliphatic carbocycles. The molecule has 0 aliphatic heterocycles. The molecule has 5 atom stereocenters. The van der Waals surface area contributed by atoms with Crippen molar-refractivity contribution in [2.75, 3.05) is 0 Å². The van der Waals surface area contributed by atoms with Crippen LogP contribution in [-0.4, -0.2) is 11.2 Å². The first-order valence-corrected chi connectivity index (χ1v) is 5.04. The van der Waals surface area contributed by atoms with Crippen molar-refractivity contribution in [2.45, 2.75) is 38.2 Å². The normalized spacial score (nSPS) is 60.3. The zero-order chi connectivity index (χ0) is 7.42. The number of hydrogen-bond acceptors (Lipinski definition) is 1. The maximum Gasteiger partial charge on any atom is 0.0574 e. The van der Waals surface area contributed by atoms with Gasteiger partial charge in [-0.05, 0) is 49.4 Å². The summed E-state index contributed by atoms with van der Waals surface area (Å²) in [4.78, 5) is 0. The Labute approximate surface area is 67.8 Å². The molecule has 0 spiro atoms. The fourth-order valence-electron chi connectivity index (χ4n) is 4.03. The predicted octanol–water partition coefficient (Wildman–Crippen LogP) is 1.80. The van der Waals surface area contributed by atoms with Crippen LogP contribution < -0.4 is 0 Å². The molecule has 0 heterocycles. The van der Waals surface area contributed by atoms with E-state index in [-0.39, 0.29) is 6.10 Å². The summed E-state index contributed by atoms with van der Waals surface area (Å²) in [5.41, 5.74) is 0. The van der Waals surface area contributed by atoms with E-state index in [9.17, 15) is 5.11 Å². The van der Waals surface area contributed by atoms with Crippen molar-refractivity contribution in [3.63, 3.8) is 0 Å². The summed E-state index contributed by atoms with van der Waals surface area (Å²) < 4.78 is 0. The summed E-state index contributed by atoms with van der Waals surface area (Å²) >= 11 is 0. The molecule has 3 aliphatic rings. The highest BCUT2D eigenvalue weighted by molar-refractivity contribution is 5.02. The van der Waals surface area contributed by atoms with Gasteiger partial charge in [0.05, 0.1) is 6.10 Å². The number of aliphatic hydroxyl groups is 1. The zero-order valence-corrected chi connectivity index (χ0v) is 6.87. The Bertz CT molecular complexity index is 178. The minimum absolute atomic E-state index is 0.0827. The third-order valence-electron chi connectivity index (χ3n) is 4.39. The molecule has 0 aromatic heterocycles. The number of aliphatic hydroxyl groups excluding tert-OH is 1. The molecule has 2 bridgehead atoms. The first-order chi connectivity index (χ1) is 5.36. The van der Waals surface area contributed by atoms with Crippen LogP contribution in [0.15, 0.2) is 0 Å². The third-order valence-corrected chi connectivity index (χ3v) is 4.39. The van der Waals surface area contributed by atoms with E-state index in [1.165, 1.54) is 25.7 Å². The smallest absolute Gasteiger partial charge is 0.0574 e. The zero-order valence-electron chi connectivity index (χ0n) is 6.87. The van der Waals surface area contributed by atoms with E-state index in [4.69, 9.17) is 0 Å². The lowest BCUT2D eigenvalue weighted by Gasteiger charge is -2.28. The molecule has 1 heteroatoms. The Hall–Kier alpha value is -0.0400. The summed E-state index contributed by atoms with van der Waals surface area (Å²) in [6, 6.07) is 0. The molecule has 0 aromatic rings. The minimum atomic E-state index is 0.0827. The highest BCUT2D eigenvalue weighted by Crippen LogP contribution is 2.58. The first kappa shape index (κ1) is 6.47. The van der Waals surface area contributed by atoms with E-state index >= 15 is 0 Å². The van der Waals surface area contributed by atoms with Gasteiger partial charge >= 0.3 is 0 Å². The molecular formula is C10H16O. The molecule has 3 fully saturated rings. The van der Waals surface area contributed by atoms with E-state index in [0.717, 1.165) is 24.2 Å². The topological polar surface area (TPSA) is 20.2 Å². The van der Waals surface area contributed by atoms with Gasteiger partial charge in [0.1, 0.15) is 0 Å². The number of hydrogen-bond donors (Lipinski definition) is 1. The Balaban J connectivity index is 1.90. The molecule has 0 radical (unpaired) electrons. The number of rotatable bonds is 0. The second-order valence-electron chi connectivity index (χ2n) is 4.72. The summed E-state index contributed by atoms with van der Waals surface area (Å²) in [6.07, 6.45) is 6.90. The summed E-state index contributed by atoms with van der Waals surface area (Å²) in [5.74, 6) is 3.60. The highest BCUT2D eigenvalue weighted by Gasteiger charge is 2.53. The van der Waals surface area contributed by atoms with Gasteiger partial charge < -0.3 is 5.11 Å². The molecular weight excluding hydrogens is 136 g/mol. The summed E-state index contributed by atoms with van der Waals surface area (Å²) in [5, 5.41) is 9.67. The van der Waals surface area contributed by atoms with Crippen molar-refractivity contribution in [3.05, 3.63) is 0 Å². The number of fused-ring (bicyclic) bond motifs is 5. The van der Waals surface area contributed by atoms with Crippen LogP contribution in [0.4, 0.5) is 0 Å². The molecule has 0 saturated heterocycles. The van der Waals surface area contributed by atoms with E-state index in [1.54, 1.807) is 0 Å². The van der Waals surface area contributed by atoms with E-state index < -0.39 is 0 Å². The van der Waals surface area contributed by atoms with Crippen LogP contribution in [0.5, 0.6) is 0 Å². The lowest BCUT2D eigenvalue weighted by atomic mass is 9.80. The highest BCUT2D eigenvalue weighted by atomic mass is 16.3. The molecule has 0 unspecified atom stereocenters. The second-order valence-corrected chi connectivity index (χ2v) is 4.72. The van der Waals surface area contributed by atoms with Gasteiger partial charge in [-0.3, -0.25) is 0 Å². The van der Waals surface area contributed by atoms with Crippen molar-refractivity contribution < 1.29 is 5.11 Å². The molecule has 1 N–H and O–H groups in total. The van der Waals surface area contributed by atoms with Crippen molar-refractivity contribution in [2.24, 2.45) is 23.7 Å². The molecule has 3 saturated carbocycles. The Morgan fingerprint density at radius 2 is 1.73 bits per heavy atom. The molecule has 11 heavy (non-hydrogen) atoms. The predicted molar refractivity (Wildman–Crippen MR) is 43.1 cm³/mol. The lowest BCUT2D eigenvalue weighted by molar-refractivity contribution is 0.0642.